The number of aliphatic hydroxyl groups is 1. The van der Waals surface area contributed by atoms with Crippen LogP contribution in [0.15, 0.2) is 0 Å². The minimum Gasteiger partial charge on any atom is -0.389 e. The fraction of sp³-hybridized carbons (Fsp3) is 1.00. The van der Waals surface area contributed by atoms with Crippen molar-refractivity contribution < 1.29 is 5.11 Å². The van der Waals surface area contributed by atoms with Gasteiger partial charge < -0.3 is 10.4 Å². The molecule has 2 aliphatic carbocycles. The van der Waals surface area contributed by atoms with Crippen molar-refractivity contribution >= 4 is 0 Å². The van der Waals surface area contributed by atoms with Crippen molar-refractivity contribution in [3.8, 4) is 0 Å². The molecule has 0 aliphatic heterocycles. The molecular weight excluding hydrogens is 198 g/mol. The standard InChI is InChI=1S/C14H27NO/c16-14(10-6-1-2-7-11-14)12-15-13-8-4-3-5-9-13/h13,15-16H,1-12H2. The maximum absolute atomic E-state index is 10.5. The fourth-order valence-corrected chi connectivity index (χ4v) is 3.20. The summed E-state index contributed by atoms with van der Waals surface area (Å²) in [5.41, 5.74) is -0.395. The number of nitrogens with one attached hydrogen (secondary N) is 1. The summed E-state index contributed by atoms with van der Waals surface area (Å²) in [6.45, 7) is 0.831. The molecule has 0 saturated heterocycles. The lowest BCUT2D eigenvalue weighted by molar-refractivity contribution is 0.0216. The molecule has 0 spiro atoms. The lowest BCUT2D eigenvalue weighted by atomic mass is 9.91. The zero-order valence-corrected chi connectivity index (χ0v) is 10.5. The van der Waals surface area contributed by atoms with E-state index in [0.29, 0.717) is 6.04 Å². The van der Waals surface area contributed by atoms with Crippen LogP contribution in [0, 0.1) is 0 Å². The highest BCUT2D eigenvalue weighted by atomic mass is 16.3. The van der Waals surface area contributed by atoms with Crippen LogP contribution in [-0.4, -0.2) is 23.3 Å². The number of hydrogen-bond acceptors (Lipinski definition) is 2. The van der Waals surface area contributed by atoms with Crippen LogP contribution in [0.5, 0.6) is 0 Å². The van der Waals surface area contributed by atoms with Gasteiger partial charge in [-0.1, -0.05) is 44.9 Å². The van der Waals surface area contributed by atoms with Crippen molar-refractivity contribution in [2.45, 2.75) is 82.3 Å². The summed E-state index contributed by atoms with van der Waals surface area (Å²) >= 11 is 0. The molecule has 0 atom stereocenters. The predicted molar refractivity (Wildman–Crippen MR) is 67.5 cm³/mol. The van der Waals surface area contributed by atoms with Crippen LogP contribution in [0.2, 0.25) is 0 Å². The monoisotopic (exact) mass is 225 g/mol. The van der Waals surface area contributed by atoms with Crippen LogP contribution in [-0.2, 0) is 0 Å². The van der Waals surface area contributed by atoms with Gasteiger partial charge >= 0.3 is 0 Å². The Bertz CT molecular complexity index is 191. The second kappa shape index (κ2) is 6.02. The van der Waals surface area contributed by atoms with Crippen molar-refractivity contribution in [1.82, 2.24) is 5.32 Å². The highest BCUT2D eigenvalue weighted by molar-refractivity contribution is 4.85. The second-order valence-electron chi connectivity index (χ2n) is 5.85. The Morgan fingerprint density at radius 2 is 1.44 bits per heavy atom. The zero-order valence-electron chi connectivity index (χ0n) is 10.5. The summed E-state index contributed by atoms with van der Waals surface area (Å²) in [4.78, 5) is 0. The Morgan fingerprint density at radius 1 is 0.875 bits per heavy atom. The summed E-state index contributed by atoms with van der Waals surface area (Å²) in [6, 6.07) is 0.682. The van der Waals surface area contributed by atoms with Crippen molar-refractivity contribution in [3.05, 3.63) is 0 Å². The van der Waals surface area contributed by atoms with Gasteiger partial charge in [0.2, 0.25) is 0 Å². The molecule has 2 rings (SSSR count). The maximum atomic E-state index is 10.5. The van der Waals surface area contributed by atoms with E-state index in [1.807, 2.05) is 0 Å². The Hall–Kier alpha value is -0.0800. The van der Waals surface area contributed by atoms with Crippen molar-refractivity contribution in [3.63, 3.8) is 0 Å². The van der Waals surface area contributed by atoms with Gasteiger partial charge in [0.25, 0.3) is 0 Å². The van der Waals surface area contributed by atoms with Crippen molar-refractivity contribution in [2.24, 2.45) is 0 Å². The molecule has 2 heteroatoms. The van der Waals surface area contributed by atoms with E-state index in [2.05, 4.69) is 5.32 Å². The normalized spacial score (nSPS) is 27.6. The third-order valence-electron chi connectivity index (χ3n) is 4.36. The van der Waals surface area contributed by atoms with Gasteiger partial charge in [-0.3, -0.25) is 0 Å². The van der Waals surface area contributed by atoms with Gasteiger partial charge in [-0.2, -0.15) is 0 Å². The molecule has 0 radical (unpaired) electrons. The van der Waals surface area contributed by atoms with Crippen LogP contribution < -0.4 is 5.32 Å². The van der Waals surface area contributed by atoms with E-state index < -0.39 is 5.60 Å². The average Bonchev–Trinajstić information content (AvgIpc) is 2.54. The first-order valence-electron chi connectivity index (χ1n) is 7.24. The topological polar surface area (TPSA) is 32.3 Å². The van der Waals surface area contributed by atoms with E-state index in [1.165, 1.54) is 57.8 Å². The summed E-state index contributed by atoms with van der Waals surface area (Å²) in [7, 11) is 0. The average molecular weight is 225 g/mol. The van der Waals surface area contributed by atoms with Gasteiger partial charge in [0.05, 0.1) is 5.60 Å². The summed E-state index contributed by atoms with van der Waals surface area (Å²) in [6.07, 6.45) is 13.8. The Morgan fingerprint density at radius 3 is 2.06 bits per heavy atom. The van der Waals surface area contributed by atoms with Gasteiger partial charge in [-0.15, -0.1) is 0 Å². The van der Waals surface area contributed by atoms with Crippen LogP contribution in [0.3, 0.4) is 0 Å². The molecule has 0 aromatic heterocycles. The molecule has 0 amide bonds. The Balaban J connectivity index is 1.73. The van der Waals surface area contributed by atoms with Gasteiger partial charge in [0.1, 0.15) is 0 Å². The minimum atomic E-state index is -0.395. The summed E-state index contributed by atoms with van der Waals surface area (Å²) < 4.78 is 0. The van der Waals surface area contributed by atoms with E-state index in [-0.39, 0.29) is 0 Å². The highest BCUT2D eigenvalue weighted by Gasteiger charge is 2.28. The van der Waals surface area contributed by atoms with Gasteiger partial charge in [0, 0.05) is 12.6 Å². The molecule has 2 nitrogen and oxygen atoms in total. The molecule has 0 bridgehead atoms. The molecule has 2 fully saturated rings. The predicted octanol–water partition coefficient (Wildman–Crippen LogP) is 2.99. The molecule has 0 aromatic rings. The van der Waals surface area contributed by atoms with E-state index in [9.17, 15) is 5.11 Å². The van der Waals surface area contributed by atoms with Crippen LogP contribution in [0.4, 0.5) is 0 Å². The van der Waals surface area contributed by atoms with Crippen molar-refractivity contribution in [2.75, 3.05) is 6.54 Å². The van der Waals surface area contributed by atoms with Gasteiger partial charge in [-0.05, 0) is 25.7 Å². The first-order valence-corrected chi connectivity index (χ1v) is 7.24. The van der Waals surface area contributed by atoms with Crippen molar-refractivity contribution in [1.29, 1.82) is 0 Å². The molecule has 16 heavy (non-hydrogen) atoms. The lowest BCUT2D eigenvalue weighted by Crippen LogP contribution is -2.44. The Labute approximate surface area is 99.8 Å². The fourth-order valence-electron chi connectivity index (χ4n) is 3.20. The first-order chi connectivity index (χ1) is 7.79. The molecule has 2 saturated carbocycles. The third kappa shape index (κ3) is 3.74. The summed E-state index contributed by atoms with van der Waals surface area (Å²) in [5, 5.41) is 14.1. The van der Waals surface area contributed by atoms with Crippen LogP contribution in [0.1, 0.15) is 70.6 Å². The van der Waals surface area contributed by atoms with E-state index in [4.69, 9.17) is 0 Å². The van der Waals surface area contributed by atoms with E-state index in [0.717, 1.165) is 19.4 Å². The minimum absolute atomic E-state index is 0.395. The quantitative estimate of drug-likeness (QED) is 0.724. The summed E-state index contributed by atoms with van der Waals surface area (Å²) in [5.74, 6) is 0. The zero-order chi connectivity index (χ0) is 11.3. The molecule has 0 unspecified atom stereocenters. The number of rotatable bonds is 3. The Kier molecular flexibility index (Phi) is 4.66. The van der Waals surface area contributed by atoms with Crippen LogP contribution >= 0.6 is 0 Å². The highest BCUT2D eigenvalue weighted by Crippen LogP contribution is 2.27. The van der Waals surface area contributed by atoms with E-state index in [1.54, 1.807) is 0 Å². The third-order valence-corrected chi connectivity index (χ3v) is 4.36. The van der Waals surface area contributed by atoms with E-state index >= 15 is 0 Å². The lowest BCUT2D eigenvalue weighted by Gasteiger charge is -2.31. The molecule has 2 N–H and O–H groups in total. The first kappa shape index (κ1) is 12.4. The SMILES string of the molecule is OC1(CNC2CCCCC2)CCCCCC1. The second-order valence-corrected chi connectivity index (χ2v) is 5.85. The smallest absolute Gasteiger partial charge is 0.0771 e. The number of hydrogen-bond donors (Lipinski definition) is 2. The molecular formula is C14H27NO. The molecule has 0 aromatic carbocycles. The molecule has 2 aliphatic rings. The van der Waals surface area contributed by atoms with Gasteiger partial charge in [0.15, 0.2) is 0 Å². The molecule has 94 valence electrons. The maximum Gasteiger partial charge on any atom is 0.0771 e. The van der Waals surface area contributed by atoms with Crippen LogP contribution in [0.25, 0.3) is 0 Å². The molecule has 0 heterocycles. The largest absolute Gasteiger partial charge is 0.389 e. The van der Waals surface area contributed by atoms with Gasteiger partial charge in [-0.25, -0.2) is 0 Å².